The number of benzene rings is 1. The second-order valence-corrected chi connectivity index (χ2v) is 8.23. The van der Waals surface area contributed by atoms with Gasteiger partial charge in [0.05, 0.1) is 11.1 Å². The summed E-state index contributed by atoms with van der Waals surface area (Å²) in [6.45, 7) is 9.18. The predicted octanol–water partition coefficient (Wildman–Crippen LogP) is 7.72. The lowest BCUT2D eigenvalue weighted by Gasteiger charge is -2.31. The van der Waals surface area contributed by atoms with Crippen molar-refractivity contribution in [2.45, 2.75) is 85.2 Å². The van der Waals surface area contributed by atoms with Crippen LogP contribution in [0.15, 0.2) is 18.2 Å². The lowest BCUT2D eigenvalue weighted by Crippen LogP contribution is -2.39. The van der Waals surface area contributed by atoms with Crippen molar-refractivity contribution in [1.82, 2.24) is 4.90 Å². The summed E-state index contributed by atoms with van der Waals surface area (Å²) in [5.74, 6) is -1.15. The average molecular weight is 432 g/mol. The summed E-state index contributed by atoms with van der Waals surface area (Å²) in [5.41, 5.74) is -1.65. The van der Waals surface area contributed by atoms with Crippen molar-refractivity contribution < 1.29 is 22.4 Å². The molecule has 0 aliphatic carbocycles. The zero-order valence-corrected chi connectivity index (χ0v) is 18.8. The second-order valence-electron chi connectivity index (χ2n) is 8.23. The fourth-order valence-electron chi connectivity index (χ4n) is 3.81. The van der Waals surface area contributed by atoms with E-state index in [0.717, 1.165) is 63.5 Å². The van der Waals surface area contributed by atoms with E-state index in [1.807, 2.05) is 0 Å². The van der Waals surface area contributed by atoms with Crippen molar-refractivity contribution in [3.63, 3.8) is 0 Å². The minimum atomic E-state index is -4.78. The third-order valence-electron chi connectivity index (χ3n) is 5.85. The molecule has 172 valence electrons. The molecule has 2 unspecified atom stereocenters. The Labute approximate surface area is 179 Å². The van der Waals surface area contributed by atoms with Gasteiger partial charge in [0.15, 0.2) is 0 Å². The number of alkyl halides is 3. The minimum Gasteiger partial charge on any atom is -0.338 e. The topological polar surface area (TPSA) is 20.3 Å². The highest BCUT2D eigenvalue weighted by Gasteiger charge is 2.37. The third-order valence-corrected chi connectivity index (χ3v) is 5.85. The number of carbonyl (C=O) groups is 1. The first-order chi connectivity index (χ1) is 14.2. The molecule has 0 aliphatic rings. The van der Waals surface area contributed by atoms with E-state index < -0.39 is 29.0 Å². The highest BCUT2D eigenvalue weighted by Crippen LogP contribution is 2.33. The summed E-state index contributed by atoms with van der Waals surface area (Å²) < 4.78 is 54.0. The molecule has 0 bridgehead atoms. The average Bonchev–Trinajstić information content (AvgIpc) is 2.71. The van der Waals surface area contributed by atoms with Crippen LogP contribution in [-0.4, -0.2) is 23.9 Å². The van der Waals surface area contributed by atoms with Crippen LogP contribution in [-0.2, 0) is 6.18 Å². The van der Waals surface area contributed by atoms with Crippen LogP contribution >= 0.6 is 0 Å². The molecular weight excluding hydrogens is 394 g/mol. The van der Waals surface area contributed by atoms with Crippen molar-refractivity contribution in [3.05, 3.63) is 35.1 Å². The van der Waals surface area contributed by atoms with Crippen molar-refractivity contribution in [1.29, 1.82) is 0 Å². The number of hydrogen-bond donors (Lipinski definition) is 0. The van der Waals surface area contributed by atoms with Crippen LogP contribution in [0.4, 0.5) is 17.6 Å². The SMILES string of the molecule is CCCCC(CC)CN(CC(CC)CCCC)C(=O)c1ccc(F)cc1C(F)(F)F. The van der Waals surface area contributed by atoms with Gasteiger partial charge in [-0.2, -0.15) is 13.2 Å². The zero-order valence-electron chi connectivity index (χ0n) is 18.8. The maximum Gasteiger partial charge on any atom is 0.417 e. The highest BCUT2D eigenvalue weighted by atomic mass is 19.4. The molecule has 6 heteroatoms. The number of amides is 1. The van der Waals surface area contributed by atoms with Gasteiger partial charge in [-0.3, -0.25) is 4.79 Å². The summed E-state index contributed by atoms with van der Waals surface area (Å²) in [4.78, 5) is 14.9. The van der Waals surface area contributed by atoms with E-state index in [1.165, 1.54) is 0 Å². The van der Waals surface area contributed by atoms with Gasteiger partial charge >= 0.3 is 6.18 Å². The first kappa shape index (κ1) is 26.4. The van der Waals surface area contributed by atoms with Gasteiger partial charge in [0, 0.05) is 13.1 Å². The van der Waals surface area contributed by atoms with Gasteiger partial charge in [-0.15, -0.1) is 0 Å². The highest BCUT2D eigenvalue weighted by molar-refractivity contribution is 5.96. The monoisotopic (exact) mass is 431 g/mol. The van der Waals surface area contributed by atoms with Crippen molar-refractivity contribution in [3.8, 4) is 0 Å². The van der Waals surface area contributed by atoms with Crippen molar-refractivity contribution in [2.75, 3.05) is 13.1 Å². The summed E-state index contributed by atoms with van der Waals surface area (Å²) in [6.07, 6.45) is 2.96. The fourth-order valence-corrected chi connectivity index (χ4v) is 3.81. The lowest BCUT2D eigenvalue weighted by atomic mass is 9.94. The van der Waals surface area contributed by atoms with Gasteiger partial charge in [0.25, 0.3) is 5.91 Å². The Bertz CT molecular complexity index is 627. The molecule has 1 aromatic carbocycles. The van der Waals surface area contributed by atoms with E-state index in [4.69, 9.17) is 0 Å². The molecule has 1 amide bonds. The molecule has 0 saturated carbocycles. The molecule has 0 N–H and O–H groups in total. The van der Waals surface area contributed by atoms with E-state index in [2.05, 4.69) is 27.7 Å². The van der Waals surface area contributed by atoms with Crippen LogP contribution in [0.2, 0.25) is 0 Å². The van der Waals surface area contributed by atoms with Crippen molar-refractivity contribution in [2.24, 2.45) is 11.8 Å². The van der Waals surface area contributed by atoms with E-state index >= 15 is 0 Å². The van der Waals surface area contributed by atoms with Gasteiger partial charge in [0.2, 0.25) is 0 Å². The summed E-state index contributed by atoms with van der Waals surface area (Å²) in [5, 5.41) is 0. The molecule has 1 rings (SSSR count). The minimum absolute atomic E-state index is 0.243. The van der Waals surface area contributed by atoms with E-state index in [-0.39, 0.29) is 11.8 Å². The molecule has 0 fully saturated rings. The molecule has 0 spiro atoms. The van der Waals surface area contributed by atoms with Gasteiger partial charge in [-0.05, 0) is 42.9 Å². The van der Waals surface area contributed by atoms with E-state index in [0.29, 0.717) is 19.2 Å². The van der Waals surface area contributed by atoms with Crippen LogP contribution in [0.5, 0.6) is 0 Å². The van der Waals surface area contributed by atoms with Gasteiger partial charge in [-0.1, -0.05) is 66.2 Å². The normalized spacial score (nSPS) is 13.9. The van der Waals surface area contributed by atoms with Gasteiger partial charge < -0.3 is 4.90 Å². The molecule has 0 aromatic heterocycles. The number of hydrogen-bond acceptors (Lipinski definition) is 1. The first-order valence-corrected chi connectivity index (χ1v) is 11.3. The Morgan fingerprint density at radius 2 is 1.43 bits per heavy atom. The molecule has 0 radical (unpaired) electrons. The van der Waals surface area contributed by atoms with Crippen LogP contribution in [0.3, 0.4) is 0 Å². The fraction of sp³-hybridized carbons (Fsp3) is 0.708. The maximum absolute atomic E-state index is 13.5. The number of rotatable bonds is 13. The summed E-state index contributed by atoms with van der Waals surface area (Å²) in [6, 6.07) is 2.34. The summed E-state index contributed by atoms with van der Waals surface area (Å²) in [7, 11) is 0. The number of nitrogens with zero attached hydrogens (tertiary/aromatic N) is 1. The Morgan fingerprint density at radius 3 is 1.83 bits per heavy atom. The molecule has 0 heterocycles. The van der Waals surface area contributed by atoms with Crippen LogP contribution in [0, 0.1) is 17.7 Å². The van der Waals surface area contributed by atoms with E-state index in [1.54, 1.807) is 4.90 Å². The Morgan fingerprint density at radius 1 is 0.933 bits per heavy atom. The smallest absolute Gasteiger partial charge is 0.338 e. The van der Waals surface area contributed by atoms with Crippen LogP contribution in [0.1, 0.15) is 95.0 Å². The summed E-state index contributed by atoms with van der Waals surface area (Å²) >= 11 is 0. The quantitative estimate of drug-likeness (QED) is 0.293. The standard InChI is InChI=1S/C24H37F4NO/c1-5-9-11-18(7-3)16-29(17-19(8-4)12-10-6-2)23(30)21-14-13-20(25)15-22(21)24(26,27)28/h13-15,18-19H,5-12,16-17H2,1-4H3. The predicted molar refractivity (Wildman–Crippen MR) is 114 cm³/mol. The Kier molecular flexibility index (Phi) is 11.4. The van der Waals surface area contributed by atoms with Crippen molar-refractivity contribution >= 4 is 5.91 Å². The molecule has 1 aromatic rings. The number of carbonyl (C=O) groups excluding carboxylic acids is 1. The Hall–Kier alpha value is -1.59. The number of halogens is 4. The largest absolute Gasteiger partial charge is 0.417 e. The molecule has 0 aliphatic heterocycles. The zero-order chi connectivity index (χ0) is 22.7. The molecule has 30 heavy (non-hydrogen) atoms. The molecular formula is C24H37F4NO. The van der Waals surface area contributed by atoms with Crippen LogP contribution < -0.4 is 0 Å². The van der Waals surface area contributed by atoms with Gasteiger partial charge in [0.1, 0.15) is 5.82 Å². The third kappa shape index (κ3) is 8.27. The van der Waals surface area contributed by atoms with E-state index in [9.17, 15) is 22.4 Å². The Balaban J connectivity index is 3.24. The first-order valence-electron chi connectivity index (χ1n) is 11.3. The number of unbranched alkanes of at least 4 members (excludes halogenated alkanes) is 2. The molecule has 2 nitrogen and oxygen atoms in total. The molecule has 0 saturated heterocycles. The maximum atomic E-state index is 13.5. The molecule has 2 atom stereocenters. The van der Waals surface area contributed by atoms with Crippen LogP contribution in [0.25, 0.3) is 0 Å². The lowest BCUT2D eigenvalue weighted by molar-refractivity contribution is -0.138. The second kappa shape index (κ2) is 13.0. The van der Waals surface area contributed by atoms with Gasteiger partial charge in [-0.25, -0.2) is 4.39 Å².